The molecule has 1 aromatic rings. The van der Waals surface area contributed by atoms with Crippen molar-refractivity contribution in [1.29, 1.82) is 0 Å². The van der Waals surface area contributed by atoms with Crippen molar-refractivity contribution in [3.8, 4) is 5.75 Å². The second-order valence-corrected chi connectivity index (χ2v) is 10.4. The number of benzene rings is 1. The van der Waals surface area contributed by atoms with Crippen molar-refractivity contribution in [3.63, 3.8) is 0 Å². The molecule has 0 aromatic heterocycles. The zero-order valence-corrected chi connectivity index (χ0v) is 21.8. The van der Waals surface area contributed by atoms with E-state index >= 15 is 0 Å². The van der Waals surface area contributed by atoms with Crippen LogP contribution in [0.25, 0.3) is 0 Å². The van der Waals surface area contributed by atoms with Crippen LogP contribution in [0.5, 0.6) is 5.75 Å². The van der Waals surface area contributed by atoms with Crippen LogP contribution in [-0.2, 0) is 19.1 Å². The number of halogens is 2. The smallest absolute Gasteiger partial charge is 0.340 e. The van der Waals surface area contributed by atoms with E-state index in [-0.39, 0.29) is 25.0 Å². The molecule has 0 bridgehead atoms. The van der Waals surface area contributed by atoms with E-state index < -0.39 is 24.3 Å². The van der Waals surface area contributed by atoms with E-state index in [4.69, 9.17) is 14.2 Å². The van der Waals surface area contributed by atoms with Crippen LogP contribution in [0.2, 0.25) is 0 Å². The Morgan fingerprint density at radius 3 is 1.72 bits per heavy atom. The van der Waals surface area contributed by atoms with Crippen molar-refractivity contribution in [2.45, 2.75) is 121 Å². The zero-order valence-electron chi connectivity index (χ0n) is 21.8. The minimum Gasteiger partial charge on any atom is -0.493 e. The molecule has 0 saturated heterocycles. The molecule has 3 rings (SSSR count). The van der Waals surface area contributed by atoms with Crippen molar-refractivity contribution in [3.05, 3.63) is 29.8 Å². The molecule has 5 nitrogen and oxygen atoms in total. The van der Waals surface area contributed by atoms with E-state index in [2.05, 4.69) is 12.1 Å². The third kappa shape index (κ3) is 8.74. The Bertz CT molecular complexity index is 798. The average Bonchev–Trinajstić information content (AvgIpc) is 2.89. The number of esters is 2. The first-order chi connectivity index (χ1) is 17.4. The molecule has 0 radical (unpaired) electrons. The SMILES string of the molecule is CCC[C@H](F)C(=O)O[C@H]1CC[C@H](COc2ccc([C@H]3CC[C@H](OC(=O)[C@@H](F)CCC)CC3)cc2)CC1. The standard InChI is InChI=1S/C29H42F2O5/c1-3-5-26(30)28(32)35-24-13-7-20(8-14-24)19-34-23-15-9-21(10-16-23)22-11-17-25(18-12-22)36-29(33)27(31)6-4-2/h9-10,15-16,20,22,24-27H,3-8,11-14,17-19H2,1-2H3/t20-,22-,24-,25-,26-,27-/m0/s1. The first kappa shape index (κ1) is 28.4. The lowest BCUT2D eigenvalue weighted by Crippen LogP contribution is -2.30. The summed E-state index contributed by atoms with van der Waals surface area (Å²) in [5.74, 6) is 0.212. The molecule has 0 N–H and O–H groups in total. The summed E-state index contributed by atoms with van der Waals surface area (Å²) in [7, 11) is 0. The minimum atomic E-state index is -1.51. The fourth-order valence-electron chi connectivity index (χ4n) is 5.20. The molecule has 0 spiro atoms. The largest absolute Gasteiger partial charge is 0.493 e. The van der Waals surface area contributed by atoms with E-state index in [1.807, 2.05) is 26.0 Å². The molecule has 0 amide bonds. The fraction of sp³-hybridized carbons (Fsp3) is 0.724. The highest BCUT2D eigenvalue weighted by molar-refractivity contribution is 5.75. The van der Waals surface area contributed by atoms with E-state index in [9.17, 15) is 18.4 Å². The molecule has 0 heterocycles. The number of ether oxygens (including phenoxy) is 3. The molecule has 0 unspecified atom stereocenters. The lowest BCUT2D eigenvalue weighted by atomic mass is 9.82. The summed E-state index contributed by atoms with van der Waals surface area (Å²) in [6.07, 6.45) is 4.96. The second-order valence-electron chi connectivity index (χ2n) is 10.4. The Morgan fingerprint density at radius 2 is 1.25 bits per heavy atom. The van der Waals surface area contributed by atoms with Crippen molar-refractivity contribution in [1.82, 2.24) is 0 Å². The Labute approximate surface area is 214 Å². The van der Waals surface area contributed by atoms with Gasteiger partial charge in [0.1, 0.15) is 18.0 Å². The molecule has 7 heteroatoms. The minimum absolute atomic E-state index is 0.181. The Hall–Kier alpha value is -2.18. The summed E-state index contributed by atoms with van der Waals surface area (Å²) in [5, 5.41) is 0. The number of hydrogen-bond acceptors (Lipinski definition) is 5. The Morgan fingerprint density at radius 1 is 0.778 bits per heavy atom. The third-order valence-electron chi connectivity index (χ3n) is 7.47. The predicted molar refractivity (Wildman–Crippen MR) is 134 cm³/mol. The van der Waals surface area contributed by atoms with Gasteiger partial charge in [-0.15, -0.1) is 0 Å². The lowest BCUT2D eigenvalue weighted by molar-refractivity contribution is -0.158. The molecule has 1 aromatic carbocycles. The third-order valence-corrected chi connectivity index (χ3v) is 7.47. The predicted octanol–water partition coefficient (Wildman–Crippen LogP) is 7.01. The molecule has 2 saturated carbocycles. The maximum absolute atomic E-state index is 13.7. The summed E-state index contributed by atoms with van der Waals surface area (Å²) in [6, 6.07) is 8.21. The van der Waals surface area contributed by atoms with Gasteiger partial charge in [-0.2, -0.15) is 0 Å². The Balaban J connectivity index is 1.34. The second kappa shape index (κ2) is 14.5. The topological polar surface area (TPSA) is 61.8 Å². The van der Waals surface area contributed by atoms with Gasteiger partial charge < -0.3 is 14.2 Å². The van der Waals surface area contributed by atoms with Gasteiger partial charge in [-0.05, 0) is 93.7 Å². The van der Waals surface area contributed by atoms with Gasteiger partial charge in [0.2, 0.25) is 0 Å². The Kier molecular flexibility index (Phi) is 11.5. The zero-order chi connectivity index (χ0) is 25.9. The fourth-order valence-corrected chi connectivity index (χ4v) is 5.20. The molecule has 2 fully saturated rings. The number of hydrogen-bond donors (Lipinski definition) is 0. The van der Waals surface area contributed by atoms with Gasteiger partial charge >= 0.3 is 11.9 Å². The highest BCUT2D eigenvalue weighted by Crippen LogP contribution is 2.35. The summed E-state index contributed by atoms with van der Waals surface area (Å²) < 4.78 is 44.1. The van der Waals surface area contributed by atoms with Crippen LogP contribution in [0.1, 0.15) is 102 Å². The first-order valence-corrected chi connectivity index (χ1v) is 13.8. The van der Waals surface area contributed by atoms with E-state index in [1.165, 1.54) is 5.56 Å². The van der Waals surface area contributed by atoms with Gasteiger partial charge in [0, 0.05) is 0 Å². The van der Waals surface area contributed by atoms with Crippen molar-refractivity contribution in [2.24, 2.45) is 5.92 Å². The van der Waals surface area contributed by atoms with Gasteiger partial charge in [-0.3, -0.25) is 0 Å². The van der Waals surface area contributed by atoms with Gasteiger partial charge in [0.25, 0.3) is 0 Å². The van der Waals surface area contributed by atoms with Gasteiger partial charge in [0.05, 0.1) is 6.61 Å². The van der Waals surface area contributed by atoms with Crippen LogP contribution >= 0.6 is 0 Å². The molecule has 2 atom stereocenters. The van der Waals surface area contributed by atoms with Gasteiger partial charge in [0.15, 0.2) is 12.3 Å². The molecule has 2 aliphatic carbocycles. The lowest BCUT2D eigenvalue weighted by Gasteiger charge is -2.29. The van der Waals surface area contributed by atoms with Gasteiger partial charge in [-0.25, -0.2) is 18.4 Å². The average molecular weight is 509 g/mol. The van der Waals surface area contributed by atoms with Crippen molar-refractivity contribution in [2.75, 3.05) is 6.61 Å². The highest BCUT2D eigenvalue weighted by Gasteiger charge is 2.29. The molecular weight excluding hydrogens is 466 g/mol. The number of alkyl halides is 2. The number of rotatable bonds is 12. The van der Waals surface area contributed by atoms with Crippen LogP contribution in [0.3, 0.4) is 0 Å². The van der Waals surface area contributed by atoms with Crippen LogP contribution in [0.15, 0.2) is 24.3 Å². The normalized spacial score (nSPS) is 26.0. The summed E-state index contributed by atoms with van der Waals surface area (Å²) in [6.45, 7) is 4.32. The molecular formula is C29H42F2O5. The van der Waals surface area contributed by atoms with Crippen LogP contribution in [0.4, 0.5) is 8.78 Å². The maximum Gasteiger partial charge on any atom is 0.340 e. The molecule has 0 aliphatic heterocycles. The maximum atomic E-state index is 13.7. The van der Waals surface area contributed by atoms with Crippen molar-refractivity contribution < 1.29 is 32.6 Å². The van der Waals surface area contributed by atoms with E-state index in [0.717, 1.165) is 57.1 Å². The first-order valence-electron chi connectivity index (χ1n) is 13.8. The summed E-state index contributed by atoms with van der Waals surface area (Å²) in [5.41, 5.74) is 1.25. The van der Waals surface area contributed by atoms with E-state index in [0.29, 0.717) is 31.3 Å². The quantitative estimate of drug-likeness (QED) is 0.284. The summed E-state index contributed by atoms with van der Waals surface area (Å²) in [4.78, 5) is 23.6. The van der Waals surface area contributed by atoms with Crippen LogP contribution in [-0.4, -0.2) is 43.1 Å². The monoisotopic (exact) mass is 508 g/mol. The summed E-state index contributed by atoms with van der Waals surface area (Å²) >= 11 is 0. The van der Waals surface area contributed by atoms with Crippen LogP contribution in [0, 0.1) is 5.92 Å². The highest BCUT2D eigenvalue weighted by atomic mass is 19.1. The number of carbonyl (C=O) groups excluding carboxylic acids is 2. The van der Waals surface area contributed by atoms with Crippen molar-refractivity contribution >= 4 is 11.9 Å². The molecule has 2 aliphatic rings. The van der Waals surface area contributed by atoms with E-state index in [1.54, 1.807) is 0 Å². The molecule has 36 heavy (non-hydrogen) atoms. The number of carbonyl (C=O) groups is 2. The molecule has 202 valence electrons. The van der Waals surface area contributed by atoms with Gasteiger partial charge in [-0.1, -0.05) is 38.8 Å². The van der Waals surface area contributed by atoms with Crippen LogP contribution < -0.4 is 4.74 Å².